The lowest BCUT2D eigenvalue weighted by atomic mass is 10.1. The van der Waals surface area contributed by atoms with Crippen molar-refractivity contribution in [2.75, 3.05) is 20.2 Å². The summed E-state index contributed by atoms with van der Waals surface area (Å²) in [5.41, 5.74) is 1.75. The number of amides is 1. The Bertz CT molecular complexity index is 1220. The van der Waals surface area contributed by atoms with Crippen LogP contribution in [0.3, 0.4) is 0 Å². The normalized spacial score (nSPS) is 14.5. The van der Waals surface area contributed by atoms with Gasteiger partial charge in [0, 0.05) is 26.1 Å². The van der Waals surface area contributed by atoms with E-state index in [1.165, 1.54) is 9.69 Å². The lowest BCUT2D eigenvalue weighted by Gasteiger charge is -2.17. The van der Waals surface area contributed by atoms with Crippen molar-refractivity contribution in [1.82, 2.24) is 9.62 Å². The van der Waals surface area contributed by atoms with Crippen molar-refractivity contribution in [2.45, 2.75) is 37.1 Å². The molecule has 7 heteroatoms. The number of aryl methyl sites for hydroxylation is 1. The van der Waals surface area contributed by atoms with Gasteiger partial charge in [0.2, 0.25) is 15.9 Å². The Labute approximate surface area is 189 Å². The van der Waals surface area contributed by atoms with Crippen LogP contribution < -0.4 is 10.1 Å². The summed E-state index contributed by atoms with van der Waals surface area (Å²) >= 11 is 0. The number of carbonyl (C=O) groups is 1. The third kappa shape index (κ3) is 4.95. The minimum Gasteiger partial charge on any atom is -0.496 e. The molecule has 0 radical (unpaired) electrons. The number of carbonyl (C=O) groups excluding carboxylic acids is 1. The van der Waals surface area contributed by atoms with Crippen molar-refractivity contribution < 1.29 is 17.9 Å². The highest BCUT2D eigenvalue weighted by Crippen LogP contribution is 2.27. The molecule has 1 saturated heterocycles. The standard InChI is InChI=1S/C25H28N2O4S/c1-31-24-12-11-23(32(29,30)27-14-4-5-15-27)17-22(24)10-13-25(28)26-18-19-8-9-20-6-2-3-7-21(20)16-19/h2-3,6-9,11-12,16-17H,4-5,10,13-15,18H2,1H3,(H,26,28). The number of sulfonamides is 1. The largest absolute Gasteiger partial charge is 0.496 e. The van der Waals surface area contributed by atoms with Crippen molar-refractivity contribution in [3.8, 4) is 5.75 Å². The second kappa shape index (κ2) is 9.71. The third-order valence-electron chi connectivity index (χ3n) is 5.88. The van der Waals surface area contributed by atoms with Crippen LogP contribution in [0.4, 0.5) is 0 Å². The van der Waals surface area contributed by atoms with Crippen molar-refractivity contribution in [3.63, 3.8) is 0 Å². The maximum absolute atomic E-state index is 12.9. The van der Waals surface area contributed by atoms with E-state index in [0.29, 0.717) is 37.4 Å². The van der Waals surface area contributed by atoms with Gasteiger partial charge in [0.25, 0.3) is 0 Å². The van der Waals surface area contributed by atoms with Crippen molar-refractivity contribution in [3.05, 3.63) is 71.8 Å². The number of nitrogens with one attached hydrogen (secondary N) is 1. The van der Waals surface area contributed by atoms with E-state index in [4.69, 9.17) is 4.74 Å². The summed E-state index contributed by atoms with van der Waals surface area (Å²) in [6, 6.07) is 19.1. The van der Waals surface area contributed by atoms with Gasteiger partial charge in [0.15, 0.2) is 0 Å². The lowest BCUT2D eigenvalue weighted by molar-refractivity contribution is -0.121. The number of rotatable bonds is 8. The number of nitrogens with zero attached hydrogens (tertiary/aromatic N) is 1. The number of fused-ring (bicyclic) bond motifs is 1. The molecule has 1 amide bonds. The average molecular weight is 453 g/mol. The second-order valence-electron chi connectivity index (χ2n) is 8.04. The maximum Gasteiger partial charge on any atom is 0.243 e. The van der Waals surface area contributed by atoms with Gasteiger partial charge in [-0.2, -0.15) is 4.31 Å². The Morgan fingerprint density at radius 2 is 1.75 bits per heavy atom. The molecule has 0 aliphatic carbocycles. The van der Waals surface area contributed by atoms with Gasteiger partial charge in [-0.1, -0.05) is 36.4 Å². The monoisotopic (exact) mass is 452 g/mol. The van der Waals surface area contributed by atoms with E-state index >= 15 is 0 Å². The lowest BCUT2D eigenvalue weighted by Crippen LogP contribution is -2.28. The van der Waals surface area contributed by atoms with Gasteiger partial charge in [0.1, 0.15) is 5.75 Å². The fourth-order valence-electron chi connectivity index (χ4n) is 4.07. The molecule has 1 aliphatic rings. The Balaban J connectivity index is 1.40. The summed E-state index contributed by atoms with van der Waals surface area (Å²) < 4.78 is 32.7. The predicted octanol–water partition coefficient (Wildman–Crippen LogP) is 3.88. The van der Waals surface area contributed by atoms with Gasteiger partial charge < -0.3 is 10.1 Å². The van der Waals surface area contributed by atoms with E-state index in [0.717, 1.165) is 23.8 Å². The van der Waals surface area contributed by atoms with E-state index in [2.05, 4.69) is 23.5 Å². The zero-order valence-electron chi connectivity index (χ0n) is 18.2. The molecular formula is C25H28N2O4S. The van der Waals surface area contributed by atoms with Crippen LogP contribution in [0.1, 0.15) is 30.4 Å². The maximum atomic E-state index is 12.9. The Morgan fingerprint density at radius 1 is 1.00 bits per heavy atom. The quantitative estimate of drug-likeness (QED) is 0.563. The Kier molecular flexibility index (Phi) is 6.77. The molecule has 3 aromatic carbocycles. The topological polar surface area (TPSA) is 75.7 Å². The summed E-state index contributed by atoms with van der Waals surface area (Å²) in [6.45, 7) is 1.56. The highest BCUT2D eigenvalue weighted by Gasteiger charge is 2.27. The SMILES string of the molecule is COc1ccc(S(=O)(=O)N2CCCC2)cc1CCC(=O)NCc1ccc2ccccc2c1. The second-order valence-corrected chi connectivity index (χ2v) is 9.98. The first-order chi connectivity index (χ1) is 15.5. The molecular weight excluding hydrogens is 424 g/mol. The van der Waals surface area contributed by atoms with Crippen LogP contribution in [-0.2, 0) is 27.8 Å². The average Bonchev–Trinajstić information content (AvgIpc) is 3.37. The zero-order chi connectivity index (χ0) is 22.6. The molecule has 0 saturated carbocycles. The molecule has 168 valence electrons. The molecule has 1 N–H and O–H groups in total. The van der Waals surface area contributed by atoms with Crippen LogP contribution in [0.5, 0.6) is 5.75 Å². The first kappa shape index (κ1) is 22.3. The molecule has 32 heavy (non-hydrogen) atoms. The Morgan fingerprint density at radius 3 is 2.50 bits per heavy atom. The summed E-state index contributed by atoms with van der Waals surface area (Å²) in [7, 11) is -1.96. The molecule has 0 aromatic heterocycles. The fourth-order valence-corrected chi connectivity index (χ4v) is 5.64. The highest BCUT2D eigenvalue weighted by molar-refractivity contribution is 7.89. The van der Waals surface area contributed by atoms with Gasteiger partial charge in [-0.05, 0) is 65.4 Å². The number of hydrogen-bond acceptors (Lipinski definition) is 4. The van der Waals surface area contributed by atoms with E-state index in [1.54, 1.807) is 25.3 Å². The molecule has 0 bridgehead atoms. The highest BCUT2D eigenvalue weighted by atomic mass is 32.2. The van der Waals surface area contributed by atoms with Crippen LogP contribution in [0, 0.1) is 0 Å². The van der Waals surface area contributed by atoms with Gasteiger partial charge >= 0.3 is 0 Å². The molecule has 1 fully saturated rings. The van der Waals surface area contributed by atoms with Crippen molar-refractivity contribution >= 4 is 26.7 Å². The summed E-state index contributed by atoms with van der Waals surface area (Å²) in [5, 5.41) is 5.26. The number of benzene rings is 3. The van der Waals surface area contributed by atoms with Gasteiger partial charge in [-0.25, -0.2) is 8.42 Å². The van der Waals surface area contributed by atoms with Gasteiger partial charge in [-0.3, -0.25) is 4.79 Å². The third-order valence-corrected chi connectivity index (χ3v) is 7.77. The number of hydrogen-bond donors (Lipinski definition) is 1. The summed E-state index contributed by atoms with van der Waals surface area (Å²) in [4.78, 5) is 12.7. The van der Waals surface area contributed by atoms with Gasteiger partial charge in [-0.15, -0.1) is 0 Å². The number of methoxy groups -OCH3 is 1. The van der Waals surface area contributed by atoms with Crippen LogP contribution in [0.2, 0.25) is 0 Å². The van der Waals surface area contributed by atoms with Crippen molar-refractivity contribution in [1.29, 1.82) is 0 Å². The summed E-state index contributed by atoms with van der Waals surface area (Å²) in [5.74, 6) is 0.501. The molecule has 0 unspecified atom stereocenters. The molecule has 1 aliphatic heterocycles. The van der Waals surface area contributed by atoms with Gasteiger partial charge in [0.05, 0.1) is 12.0 Å². The van der Waals surface area contributed by atoms with E-state index in [9.17, 15) is 13.2 Å². The number of ether oxygens (including phenoxy) is 1. The van der Waals surface area contributed by atoms with Crippen LogP contribution in [0.15, 0.2) is 65.6 Å². The van der Waals surface area contributed by atoms with E-state index < -0.39 is 10.0 Å². The van der Waals surface area contributed by atoms with Crippen LogP contribution >= 0.6 is 0 Å². The summed E-state index contributed by atoms with van der Waals surface area (Å²) in [6.07, 6.45) is 2.42. The van der Waals surface area contributed by atoms with Crippen LogP contribution in [0.25, 0.3) is 10.8 Å². The van der Waals surface area contributed by atoms with Crippen molar-refractivity contribution in [2.24, 2.45) is 0 Å². The fraction of sp³-hybridized carbons (Fsp3) is 0.320. The molecule has 0 spiro atoms. The molecule has 0 atom stereocenters. The smallest absolute Gasteiger partial charge is 0.243 e. The van der Waals surface area contributed by atoms with Crippen LogP contribution in [-0.4, -0.2) is 38.8 Å². The first-order valence-electron chi connectivity index (χ1n) is 10.9. The minimum atomic E-state index is -3.51. The molecule has 6 nitrogen and oxygen atoms in total. The predicted molar refractivity (Wildman–Crippen MR) is 125 cm³/mol. The molecule has 3 aromatic rings. The van der Waals surface area contributed by atoms with E-state index in [-0.39, 0.29) is 17.2 Å². The first-order valence-corrected chi connectivity index (χ1v) is 12.3. The Hall–Kier alpha value is -2.90. The molecule has 4 rings (SSSR count). The van der Waals surface area contributed by atoms with E-state index in [1.807, 2.05) is 24.3 Å². The minimum absolute atomic E-state index is 0.0898. The zero-order valence-corrected chi connectivity index (χ0v) is 19.0. The molecule has 1 heterocycles.